The number of carbonyl (C=O) groups excluding carboxylic acids is 1. The molecule has 0 radical (unpaired) electrons. The minimum Gasteiger partial charge on any atom is -0.378 e. The molecule has 0 aromatic heterocycles. The van der Waals surface area contributed by atoms with Crippen LogP contribution in [0.4, 0.5) is 0 Å². The highest BCUT2D eigenvalue weighted by molar-refractivity contribution is 7.80. The number of unbranched alkanes of at least 4 members (excludes halogenated alkanes) is 3. The molecular formula is C12H25NO2S. The van der Waals surface area contributed by atoms with Crippen LogP contribution in [0.15, 0.2) is 0 Å². The molecule has 0 heterocycles. The van der Waals surface area contributed by atoms with Crippen molar-refractivity contribution in [3.8, 4) is 0 Å². The molecule has 0 bridgehead atoms. The van der Waals surface area contributed by atoms with E-state index in [-0.39, 0.29) is 12.0 Å². The lowest BCUT2D eigenvalue weighted by Crippen LogP contribution is -2.25. The molecule has 0 aromatic carbocycles. The van der Waals surface area contributed by atoms with Gasteiger partial charge in [0.25, 0.3) is 0 Å². The Labute approximate surface area is 105 Å². The summed E-state index contributed by atoms with van der Waals surface area (Å²) in [6, 6.07) is 0. The maximum Gasteiger partial charge on any atom is 0.222 e. The summed E-state index contributed by atoms with van der Waals surface area (Å²) >= 11 is 4.15. The molecular weight excluding hydrogens is 222 g/mol. The van der Waals surface area contributed by atoms with Crippen LogP contribution in [-0.4, -0.2) is 30.9 Å². The van der Waals surface area contributed by atoms with Crippen LogP contribution in [0.1, 0.15) is 46.0 Å². The van der Waals surface area contributed by atoms with Crippen LogP contribution < -0.4 is 5.32 Å². The Bertz CT molecular complexity index is 174. The number of amides is 1. The van der Waals surface area contributed by atoms with Crippen molar-refractivity contribution in [2.24, 2.45) is 0 Å². The number of nitrogens with one attached hydrogen (secondary N) is 1. The lowest BCUT2D eigenvalue weighted by molar-refractivity contribution is -0.122. The van der Waals surface area contributed by atoms with E-state index in [4.69, 9.17) is 4.74 Å². The van der Waals surface area contributed by atoms with E-state index in [9.17, 15) is 4.79 Å². The molecule has 0 aliphatic heterocycles. The van der Waals surface area contributed by atoms with Crippen LogP contribution in [0.25, 0.3) is 0 Å². The summed E-state index contributed by atoms with van der Waals surface area (Å²) in [5.74, 6) is 1.05. The smallest absolute Gasteiger partial charge is 0.222 e. The Hall–Kier alpha value is -0.220. The normalized spacial score (nSPS) is 10.8. The molecule has 0 saturated heterocycles. The predicted molar refractivity (Wildman–Crippen MR) is 71.0 cm³/mol. The van der Waals surface area contributed by atoms with E-state index in [1.165, 1.54) is 19.3 Å². The van der Waals surface area contributed by atoms with Gasteiger partial charge in [-0.05, 0) is 32.4 Å². The Kier molecular flexibility index (Phi) is 11.1. The summed E-state index contributed by atoms with van der Waals surface area (Å²) in [6.45, 7) is 5.24. The first-order chi connectivity index (χ1) is 7.66. The monoisotopic (exact) mass is 247 g/mol. The first kappa shape index (κ1) is 15.8. The van der Waals surface area contributed by atoms with Crippen LogP contribution >= 0.6 is 12.6 Å². The summed E-state index contributed by atoms with van der Waals surface area (Å²) in [5.41, 5.74) is 0. The molecule has 0 fully saturated rings. The van der Waals surface area contributed by atoms with E-state index in [0.29, 0.717) is 13.0 Å². The van der Waals surface area contributed by atoms with Gasteiger partial charge in [0, 0.05) is 13.0 Å². The average molecular weight is 247 g/mol. The molecule has 0 spiro atoms. The van der Waals surface area contributed by atoms with Gasteiger partial charge >= 0.3 is 0 Å². The van der Waals surface area contributed by atoms with E-state index in [2.05, 4.69) is 17.9 Å². The molecule has 0 unspecified atom stereocenters. The number of hydrogen-bond acceptors (Lipinski definition) is 3. The molecule has 0 aliphatic carbocycles. The lowest BCUT2D eigenvalue weighted by atomic mass is 10.2. The molecule has 96 valence electrons. The topological polar surface area (TPSA) is 38.3 Å². The zero-order valence-corrected chi connectivity index (χ0v) is 11.4. The quantitative estimate of drug-likeness (QED) is 0.459. The van der Waals surface area contributed by atoms with Crippen LogP contribution in [-0.2, 0) is 9.53 Å². The van der Waals surface area contributed by atoms with Gasteiger partial charge in [0.2, 0.25) is 5.91 Å². The van der Waals surface area contributed by atoms with Crippen LogP contribution in [0, 0.1) is 0 Å². The Morgan fingerprint density at radius 2 is 1.94 bits per heavy atom. The van der Waals surface area contributed by atoms with Crippen LogP contribution in [0.2, 0.25) is 0 Å². The Morgan fingerprint density at radius 1 is 1.25 bits per heavy atom. The fraction of sp³-hybridized carbons (Fsp3) is 0.917. The van der Waals surface area contributed by atoms with Crippen molar-refractivity contribution < 1.29 is 9.53 Å². The maximum absolute atomic E-state index is 11.3. The van der Waals surface area contributed by atoms with Crippen LogP contribution in [0.3, 0.4) is 0 Å². The maximum atomic E-state index is 11.3. The summed E-state index contributed by atoms with van der Waals surface area (Å²) in [5, 5.41) is 2.90. The zero-order valence-electron chi connectivity index (χ0n) is 10.5. The summed E-state index contributed by atoms with van der Waals surface area (Å²) in [7, 11) is 0. The van der Waals surface area contributed by atoms with E-state index in [1.54, 1.807) is 0 Å². The standard InChI is InChI=1S/C12H25NO2S/c1-11(2)15-9-7-12(14)13-8-5-3-4-6-10-16/h11,16H,3-10H2,1-2H3,(H,13,14). The third-order valence-corrected chi connectivity index (χ3v) is 2.50. The number of hydrogen-bond donors (Lipinski definition) is 2. The molecule has 16 heavy (non-hydrogen) atoms. The highest BCUT2D eigenvalue weighted by Gasteiger charge is 2.01. The van der Waals surface area contributed by atoms with Gasteiger partial charge in [0.1, 0.15) is 0 Å². The second-order valence-electron chi connectivity index (χ2n) is 4.16. The second-order valence-corrected chi connectivity index (χ2v) is 4.60. The number of carbonyl (C=O) groups is 1. The number of rotatable bonds is 10. The molecule has 4 heteroatoms. The van der Waals surface area contributed by atoms with E-state index in [0.717, 1.165) is 18.7 Å². The first-order valence-corrected chi connectivity index (χ1v) is 6.79. The highest BCUT2D eigenvalue weighted by atomic mass is 32.1. The van der Waals surface area contributed by atoms with Gasteiger partial charge in [0.15, 0.2) is 0 Å². The molecule has 0 aliphatic rings. The van der Waals surface area contributed by atoms with Crippen molar-refractivity contribution in [1.29, 1.82) is 0 Å². The largest absolute Gasteiger partial charge is 0.378 e. The van der Waals surface area contributed by atoms with Gasteiger partial charge in [0.05, 0.1) is 12.7 Å². The number of thiol groups is 1. The van der Waals surface area contributed by atoms with Gasteiger partial charge in [-0.2, -0.15) is 12.6 Å². The van der Waals surface area contributed by atoms with Crippen LogP contribution in [0.5, 0.6) is 0 Å². The molecule has 0 aromatic rings. The zero-order chi connectivity index (χ0) is 12.2. The summed E-state index contributed by atoms with van der Waals surface area (Å²) in [4.78, 5) is 11.3. The van der Waals surface area contributed by atoms with Crippen molar-refractivity contribution in [3.63, 3.8) is 0 Å². The Balaban J connectivity index is 3.17. The van der Waals surface area contributed by atoms with E-state index < -0.39 is 0 Å². The van der Waals surface area contributed by atoms with Crippen molar-refractivity contribution in [3.05, 3.63) is 0 Å². The predicted octanol–water partition coefficient (Wildman–Crippen LogP) is 2.41. The van der Waals surface area contributed by atoms with Crippen molar-refractivity contribution >= 4 is 18.5 Å². The lowest BCUT2D eigenvalue weighted by Gasteiger charge is -2.07. The highest BCUT2D eigenvalue weighted by Crippen LogP contribution is 1.99. The molecule has 0 saturated carbocycles. The SMILES string of the molecule is CC(C)OCCC(=O)NCCCCCCS. The van der Waals surface area contributed by atoms with Crippen molar-refractivity contribution in [2.45, 2.75) is 52.1 Å². The van der Waals surface area contributed by atoms with E-state index in [1.807, 2.05) is 13.8 Å². The van der Waals surface area contributed by atoms with Crippen molar-refractivity contribution in [1.82, 2.24) is 5.32 Å². The van der Waals surface area contributed by atoms with Gasteiger partial charge in [-0.15, -0.1) is 0 Å². The Morgan fingerprint density at radius 3 is 2.56 bits per heavy atom. The van der Waals surface area contributed by atoms with Gasteiger partial charge in [-0.25, -0.2) is 0 Å². The second kappa shape index (κ2) is 11.3. The summed E-state index contributed by atoms with van der Waals surface area (Å²) < 4.78 is 5.30. The molecule has 1 amide bonds. The third-order valence-electron chi connectivity index (χ3n) is 2.19. The minimum atomic E-state index is 0.0924. The number of ether oxygens (including phenoxy) is 1. The minimum absolute atomic E-state index is 0.0924. The third kappa shape index (κ3) is 11.9. The molecule has 0 rings (SSSR count). The molecule has 0 atom stereocenters. The fourth-order valence-electron chi connectivity index (χ4n) is 1.29. The van der Waals surface area contributed by atoms with Gasteiger partial charge in [-0.3, -0.25) is 4.79 Å². The first-order valence-electron chi connectivity index (χ1n) is 6.16. The fourth-order valence-corrected chi connectivity index (χ4v) is 1.52. The molecule has 3 nitrogen and oxygen atoms in total. The van der Waals surface area contributed by atoms with Gasteiger partial charge < -0.3 is 10.1 Å². The van der Waals surface area contributed by atoms with Gasteiger partial charge in [-0.1, -0.05) is 12.8 Å². The van der Waals surface area contributed by atoms with Crippen molar-refractivity contribution in [2.75, 3.05) is 18.9 Å². The summed E-state index contributed by atoms with van der Waals surface area (Å²) in [6.07, 6.45) is 5.27. The molecule has 1 N–H and O–H groups in total. The average Bonchev–Trinajstić information content (AvgIpc) is 2.22. The van der Waals surface area contributed by atoms with E-state index >= 15 is 0 Å².